The average Bonchev–Trinajstić information content (AvgIpc) is 3.72. The van der Waals surface area contributed by atoms with Crippen molar-refractivity contribution in [3.05, 3.63) is 186 Å². The molecule has 51 heavy (non-hydrogen) atoms. The van der Waals surface area contributed by atoms with Gasteiger partial charge in [-0.2, -0.15) is 0 Å². The zero-order valence-electron chi connectivity index (χ0n) is 27.2. The molecule has 1 aliphatic heterocycles. The Morgan fingerprint density at radius 3 is 1.80 bits per heavy atom. The molecule has 9 aromatic rings. The summed E-state index contributed by atoms with van der Waals surface area (Å²) in [6, 6.07) is 58.8. The fourth-order valence-electron chi connectivity index (χ4n) is 8.33. The summed E-state index contributed by atoms with van der Waals surface area (Å²) < 4.78 is 2.64. The molecule has 2 aromatic heterocycles. The molecule has 0 amide bonds. The lowest BCUT2D eigenvalue weighted by atomic mass is 9.67. The molecule has 1 unspecified atom stereocenters. The molecule has 1 spiro atoms. The third-order valence-corrected chi connectivity index (χ3v) is 12.8. The minimum atomic E-state index is -0.520. The van der Waals surface area contributed by atoms with Gasteiger partial charge in [-0.3, -0.25) is 0 Å². The molecule has 3 nitrogen and oxygen atoms in total. The highest BCUT2D eigenvalue weighted by atomic mass is 32.2. The Morgan fingerprint density at radius 1 is 0.412 bits per heavy atom. The average molecular weight is 686 g/mol. The van der Waals surface area contributed by atoms with Crippen molar-refractivity contribution >= 4 is 43.3 Å². The zero-order valence-corrected chi connectivity index (χ0v) is 28.9. The number of benzene rings is 7. The highest BCUT2D eigenvalue weighted by Crippen LogP contribution is 2.64. The van der Waals surface area contributed by atoms with E-state index in [0.29, 0.717) is 17.5 Å². The van der Waals surface area contributed by atoms with Crippen LogP contribution in [-0.2, 0) is 5.41 Å². The first-order chi connectivity index (χ1) is 25.3. The van der Waals surface area contributed by atoms with E-state index in [4.69, 9.17) is 15.0 Å². The summed E-state index contributed by atoms with van der Waals surface area (Å²) in [5.41, 5.74) is 10.3. The van der Waals surface area contributed by atoms with E-state index in [0.717, 1.165) is 16.7 Å². The number of nitrogens with zero attached hydrogens (tertiary/aromatic N) is 3. The maximum atomic E-state index is 5.20. The van der Waals surface area contributed by atoms with Crippen LogP contribution in [0.4, 0.5) is 0 Å². The van der Waals surface area contributed by atoms with Crippen LogP contribution in [0.5, 0.6) is 0 Å². The summed E-state index contributed by atoms with van der Waals surface area (Å²) in [5.74, 6) is 2.00. The van der Waals surface area contributed by atoms with Crippen LogP contribution in [0.3, 0.4) is 0 Å². The monoisotopic (exact) mass is 685 g/mol. The minimum Gasteiger partial charge on any atom is -0.208 e. The summed E-state index contributed by atoms with van der Waals surface area (Å²) in [6.07, 6.45) is 0. The number of fused-ring (bicyclic) bond motifs is 13. The largest absolute Gasteiger partial charge is 0.208 e. The lowest BCUT2D eigenvalue weighted by molar-refractivity contribution is 0.723. The van der Waals surface area contributed by atoms with Crippen LogP contribution >= 0.6 is 23.1 Å². The van der Waals surface area contributed by atoms with E-state index in [-0.39, 0.29) is 0 Å². The summed E-state index contributed by atoms with van der Waals surface area (Å²) in [4.78, 5) is 17.8. The molecule has 0 radical (unpaired) electrons. The van der Waals surface area contributed by atoms with Crippen molar-refractivity contribution in [3.63, 3.8) is 0 Å². The van der Waals surface area contributed by atoms with E-state index in [9.17, 15) is 0 Å². The highest BCUT2D eigenvalue weighted by molar-refractivity contribution is 7.99. The van der Waals surface area contributed by atoms with Gasteiger partial charge in [0.15, 0.2) is 17.5 Å². The molecule has 0 N–H and O–H groups in total. The number of thiophene rings is 1. The van der Waals surface area contributed by atoms with Crippen molar-refractivity contribution in [3.8, 4) is 45.3 Å². The Balaban J connectivity index is 1.24. The Bertz CT molecular complexity index is 2790. The molecule has 0 fully saturated rings. The molecule has 11 rings (SSSR count). The topological polar surface area (TPSA) is 38.7 Å². The first kappa shape index (κ1) is 28.9. The normalized spacial score (nSPS) is 15.5. The van der Waals surface area contributed by atoms with Crippen LogP contribution in [0.15, 0.2) is 174 Å². The quantitative estimate of drug-likeness (QED) is 0.186. The zero-order chi connectivity index (χ0) is 33.5. The molecule has 238 valence electrons. The minimum absolute atomic E-state index is 0.520. The molecule has 1 atom stereocenters. The molecule has 7 aromatic carbocycles. The lowest BCUT2D eigenvalue weighted by Crippen LogP contribution is -2.32. The molecule has 0 saturated heterocycles. The van der Waals surface area contributed by atoms with Gasteiger partial charge in [-0.25, -0.2) is 15.0 Å². The first-order valence-electron chi connectivity index (χ1n) is 17.1. The Labute approximate surface area is 303 Å². The van der Waals surface area contributed by atoms with Crippen LogP contribution < -0.4 is 0 Å². The van der Waals surface area contributed by atoms with Crippen molar-refractivity contribution in [1.82, 2.24) is 15.0 Å². The fourth-order valence-corrected chi connectivity index (χ4v) is 10.7. The van der Waals surface area contributed by atoms with Crippen molar-refractivity contribution in [2.45, 2.75) is 15.2 Å². The summed E-state index contributed by atoms with van der Waals surface area (Å²) >= 11 is 3.71. The predicted octanol–water partition coefficient (Wildman–Crippen LogP) is 12.1. The third kappa shape index (κ3) is 4.10. The Hall–Kier alpha value is -5.88. The van der Waals surface area contributed by atoms with Gasteiger partial charge in [-0.05, 0) is 51.6 Å². The van der Waals surface area contributed by atoms with Gasteiger partial charge in [-0.1, -0.05) is 157 Å². The number of rotatable bonds is 3. The molecular formula is C46H27N3S2. The SMILES string of the molecule is c1ccc(-c2nc(-c3ccccc3)nc(-c3cccc4c3Sc3ccccc3C43c4ccccc4-c4c3ccc3sc5ccccc5c43)n2)cc1. The van der Waals surface area contributed by atoms with E-state index >= 15 is 0 Å². The standard InChI is InChI=1S/C46H27N3S2/c1-3-14-28(15-4-1)43-47-44(29-16-5-2-6-17-29)49-45(48-43)32-20-13-23-36-42(32)51-38-25-12-10-22-34(38)46(36)33-21-9-7-18-30(33)40-35(46)26-27-39-41(40)31-19-8-11-24-37(31)50-39/h1-27H. The van der Waals surface area contributed by atoms with E-state index in [1.54, 1.807) is 0 Å². The number of hydrogen-bond acceptors (Lipinski definition) is 5. The van der Waals surface area contributed by atoms with Crippen LogP contribution in [0.2, 0.25) is 0 Å². The van der Waals surface area contributed by atoms with Crippen LogP contribution in [-0.4, -0.2) is 15.0 Å². The van der Waals surface area contributed by atoms with Crippen molar-refractivity contribution in [2.24, 2.45) is 0 Å². The molecule has 1 aliphatic carbocycles. The van der Waals surface area contributed by atoms with Gasteiger partial charge >= 0.3 is 0 Å². The molecule has 2 aliphatic rings. The first-order valence-corrected chi connectivity index (χ1v) is 18.7. The second kappa shape index (κ2) is 11.1. The van der Waals surface area contributed by atoms with Gasteiger partial charge in [-0.15, -0.1) is 11.3 Å². The fraction of sp³-hybridized carbons (Fsp3) is 0.0217. The van der Waals surface area contributed by atoms with Gasteiger partial charge in [0.25, 0.3) is 0 Å². The van der Waals surface area contributed by atoms with Crippen LogP contribution in [0, 0.1) is 0 Å². The number of aromatic nitrogens is 3. The van der Waals surface area contributed by atoms with Gasteiger partial charge in [0.2, 0.25) is 0 Å². The van der Waals surface area contributed by atoms with Crippen molar-refractivity contribution in [2.75, 3.05) is 0 Å². The Morgan fingerprint density at radius 2 is 1.02 bits per heavy atom. The summed E-state index contributed by atoms with van der Waals surface area (Å²) in [5, 5.41) is 2.67. The predicted molar refractivity (Wildman–Crippen MR) is 210 cm³/mol. The van der Waals surface area contributed by atoms with E-state index in [1.807, 2.05) is 59.5 Å². The van der Waals surface area contributed by atoms with E-state index in [2.05, 4.69) is 127 Å². The molecular weight excluding hydrogens is 659 g/mol. The third-order valence-electron chi connectivity index (χ3n) is 10.4. The van der Waals surface area contributed by atoms with Crippen LogP contribution in [0.1, 0.15) is 22.3 Å². The van der Waals surface area contributed by atoms with Gasteiger partial charge in [0.05, 0.1) is 5.41 Å². The highest BCUT2D eigenvalue weighted by Gasteiger charge is 2.51. The summed E-state index contributed by atoms with van der Waals surface area (Å²) in [6.45, 7) is 0. The smallest absolute Gasteiger partial charge is 0.165 e. The summed E-state index contributed by atoms with van der Waals surface area (Å²) in [7, 11) is 0. The molecule has 5 heteroatoms. The van der Waals surface area contributed by atoms with E-state index < -0.39 is 5.41 Å². The van der Waals surface area contributed by atoms with Gasteiger partial charge in [0, 0.05) is 46.7 Å². The molecule has 0 saturated carbocycles. The lowest BCUT2D eigenvalue weighted by Gasteiger charge is -2.40. The van der Waals surface area contributed by atoms with Crippen molar-refractivity contribution in [1.29, 1.82) is 0 Å². The van der Waals surface area contributed by atoms with Gasteiger partial charge in [0.1, 0.15) is 0 Å². The maximum Gasteiger partial charge on any atom is 0.165 e. The number of hydrogen-bond donors (Lipinski definition) is 0. The van der Waals surface area contributed by atoms with Gasteiger partial charge < -0.3 is 0 Å². The van der Waals surface area contributed by atoms with E-state index in [1.165, 1.54) is 63.3 Å². The van der Waals surface area contributed by atoms with Crippen molar-refractivity contribution < 1.29 is 0 Å². The second-order valence-electron chi connectivity index (χ2n) is 13.1. The molecule has 0 bridgehead atoms. The van der Waals surface area contributed by atoms with Crippen LogP contribution in [0.25, 0.3) is 65.5 Å². The second-order valence-corrected chi connectivity index (χ2v) is 15.2. The Kier molecular flexibility index (Phi) is 6.27. The molecule has 3 heterocycles. The maximum absolute atomic E-state index is 5.20.